The maximum Gasteiger partial charge on any atom is 0.271 e. The number of carbonyl (C=O) groups is 1. The van der Waals surface area contributed by atoms with E-state index in [9.17, 15) is 19.3 Å². The van der Waals surface area contributed by atoms with Gasteiger partial charge in [0.1, 0.15) is 5.82 Å². The summed E-state index contributed by atoms with van der Waals surface area (Å²) in [5, 5.41) is 13.8. The molecule has 3 rings (SSSR count). The normalized spacial score (nSPS) is 18.5. The molecule has 0 radical (unpaired) electrons. The monoisotopic (exact) mass is 407 g/mol. The molecule has 2 aromatic carbocycles. The van der Waals surface area contributed by atoms with Crippen molar-refractivity contribution in [3.8, 4) is 0 Å². The molecule has 2 atom stereocenters. The highest BCUT2D eigenvalue weighted by Crippen LogP contribution is 2.28. The number of morpholine rings is 1. The Morgan fingerprint density at radius 3 is 2.75 bits per heavy atom. The van der Waals surface area contributed by atoms with Crippen molar-refractivity contribution in [2.75, 3.05) is 25.0 Å². The summed E-state index contributed by atoms with van der Waals surface area (Å²) in [5.41, 5.74) is 0.867. The van der Waals surface area contributed by atoms with Crippen molar-refractivity contribution in [3.63, 3.8) is 0 Å². The Morgan fingerprint density at radius 1 is 1.36 bits per heavy atom. The molecule has 1 amide bonds. The smallest absolute Gasteiger partial charge is 0.271 e. The molecule has 2 unspecified atom stereocenters. The van der Waals surface area contributed by atoms with Crippen LogP contribution in [0.1, 0.15) is 18.6 Å². The van der Waals surface area contributed by atoms with E-state index in [0.29, 0.717) is 19.7 Å². The van der Waals surface area contributed by atoms with Crippen molar-refractivity contribution in [1.82, 2.24) is 4.90 Å². The average Bonchev–Trinajstić information content (AvgIpc) is 2.69. The second-order valence-corrected chi connectivity index (χ2v) is 6.90. The molecule has 0 spiro atoms. The molecule has 0 saturated carbocycles. The zero-order chi connectivity index (χ0) is 20.3. The number of ether oxygens (including phenoxy) is 1. The molecule has 1 heterocycles. The fourth-order valence-electron chi connectivity index (χ4n) is 3.03. The number of benzene rings is 2. The third-order valence-electron chi connectivity index (χ3n) is 4.69. The average molecular weight is 408 g/mol. The molecule has 7 nitrogen and oxygen atoms in total. The first kappa shape index (κ1) is 20.2. The summed E-state index contributed by atoms with van der Waals surface area (Å²) in [4.78, 5) is 25.0. The number of halogens is 2. The minimum absolute atomic E-state index is 0.157. The highest BCUT2D eigenvalue weighted by molar-refractivity contribution is 6.33. The molecule has 9 heteroatoms. The van der Waals surface area contributed by atoms with E-state index in [1.54, 1.807) is 19.1 Å². The quantitative estimate of drug-likeness (QED) is 0.602. The zero-order valence-corrected chi connectivity index (χ0v) is 15.9. The van der Waals surface area contributed by atoms with Crippen LogP contribution in [0, 0.1) is 15.9 Å². The van der Waals surface area contributed by atoms with Crippen LogP contribution < -0.4 is 5.32 Å². The van der Waals surface area contributed by atoms with Crippen molar-refractivity contribution in [1.29, 1.82) is 0 Å². The van der Waals surface area contributed by atoms with E-state index in [0.717, 1.165) is 5.56 Å². The van der Waals surface area contributed by atoms with Crippen LogP contribution in [0.15, 0.2) is 42.5 Å². The van der Waals surface area contributed by atoms with Crippen molar-refractivity contribution >= 4 is 28.9 Å². The van der Waals surface area contributed by atoms with E-state index in [2.05, 4.69) is 5.32 Å². The number of hydrogen-bond donors (Lipinski definition) is 1. The largest absolute Gasteiger partial charge is 0.371 e. The van der Waals surface area contributed by atoms with Crippen LogP contribution in [0.25, 0.3) is 0 Å². The van der Waals surface area contributed by atoms with Crippen molar-refractivity contribution in [2.45, 2.75) is 19.1 Å². The second kappa shape index (κ2) is 8.64. The Balaban J connectivity index is 1.68. The summed E-state index contributed by atoms with van der Waals surface area (Å²) < 4.78 is 18.9. The Bertz CT molecular complexity index is 878. The lowest BCUT2D eigenvalue weighted by Gasteiger charge is -2.36. The number of carbonyl (C=O) groups excluding carboxylic acids is 1. The van der Waals surface area contributed by atoms with E-state index in [1.165, 1.54) is 30.3 Å². The van der Waals surface area contributed by atoms with Crippen LogP contribution in [0.2, 0.25) is 5.02 Å². The number of hydrogen-bond acceptors (Lipinski definition) is 5. The van der Waals surface area contributed by atoms with Gasteiger partial charge < -0.3 is 10.1 Å². The van der Waals surface area contributed by atoms with Crippen LogP contribution in [0.3, 0.4) is 0 Å². The Kier molecular flexibility index (Phi) is 6.23. The number of nitro groups is 1. The number of rotatable bonds is 5. The van der Waals surface area contributed by atoms with Crippen LogP contribution in [-0.2, 0) is 9.53 Å². The van der Waals surface area contributed by atoms with Gasteiger partial charge in [0.05, 0.1) is 34.4 Å². The number of nitro benzene ring substituents is 1. The number of non-ortho nitro benzene ring substituents is 1. The van der Waals surface area contributed by atoms with Gasteiger partial charge in [-0.2, -0.15) is 0 Å². The lowest BCUT2D eigenvalue weighted by molar-refractivity contribution is -0.384. The summed E-state index contributed by atoms with van der Waals surface area (Å²) in [5.74, 6) is -0.653. The summed E-state index contributed by atoms with van der Waals surface area (Å²) in [7, 11) is 0. The van der Waals surface area contributed by atoms with Gasteiger partial charge in [0.25, 0.3) is 5.69 Å². The third kappa shape index (κ3) is 4.64. The number of nitrogens with one attached hydrogen (secondary N) is 1. The molecule has 1 aliphatic heterocycles. The van der Waals surface area contributed by atoms with Crippen molar-refractivity contribution < 1.29 is 18.8 Å². The van der Waals surface area contributed by atoms with Crippen LogP contribution in [0.4, 0.5) is 15.8 Å². The van der Waals surface area contributed by atoms with Gasteiger partial charge in [-0.15, -0.1) is 0 Å². The van der Waals surface area contributed by atoms with Gasteiger partial charge in [0.2, 0.25) is 5.91 Å². The first-order chi connectivity index (χ1) is 13.3. The molecule has 1 aliphatic rings. The lowest BCUT2D eigenvalue weighted by atomic mass is 10.1. The molecule has 148 valence electrons. The van der Waals surface area contributed by atoms with Crippen molar-refractivity contribution in [3.05, 3.63) is 69.0 Å². The first-order valence-electron chi connectivity index (χ1n) is 8.71. The molecule has 1 N–H and O–H groups in total. The first-order valence-corrected chi connectivity index (χ1v) is 9.09. The maximum atomic E-state index is 13.1. The molecule has 0 aliphatic carbocycles. The van der Waals surface area contributed by atoms with Crippen LogP contribution in [0.5, 0.6) is 0 Å². The Morgan fingerprint density at radius 2 is 2.07 bits per heavy atom. The predicted molar refractivity (Wildman–Crippen MR) is 103 cm³/mol. The van der Waals surface area contributed by atoms with Gasteiger partial charge in [0.15, 0.2) is 0 Å². The standard InChI is InChI=1S/C19H19ClFN3O4/c1-12(19(25)22-17-10-15(24(26)27)6-7-16(17)20)23-8-9-28-18(11-23)13-2-4-14(21)5-3-13/h2-7,10,12,18H,8-9,11H2,1H3,(H,22,25). The fraction of sp³-hybridized carbons (Fsp3) is 0.316. The molecule has 1 saturated heterocycles. The minimum atomic E-state index is -0.551. The predicted octanol–water partition coefficient (Wildman–Crippen LogP) is 3.79. The summed E-state index contributed by atoms with van der Waals surface area (Å²) in [6.07, 6.45) is -0.272. The van der Waals surface area contributed by atoms with Gasteiger partial charge in [0, 0.05) is 25.2 Å². The summed E-state index contributed by atoms with van der Waals surface area (Å²) in [6, 6.07) is 9.44. The van der Waals surface area contributed by atoms with Gasteiger partial charge in [-0.3, -0.25) is 19.8 Å². The van der Waals surface area contributed by atoms with Crippen molar-refractivity contribution in [2.24, 2.45) is 0 Å². The van der Waals surface area contributed by atoms with E-state index >= 15 is 0 Å². The zero-order valence-electron chi connectivity index (χ0n) is 15.1. The molecular formula is C19H19ClFN3O4. The molecule has 1 fully saturated rings. The number of amides is 1. The SMILES string of the molecule is CC(C(=O)Nc1cc([N+](=O)[O-])ccc1Cl)N1CCOC(c2ccc(F)cc2)C1. The van der Waals surface area contributed by atoms with Gasteiger partial charge in [-0.1, -0.05) is 23.7 Å². The fourth-order valence-corrected chi connectivity index (χ4v) is 3.19. The van der Waals surface area contributed by atoms with E-state index in [4.69, 9.17) is 16.3 Å². The molecular weight excluding hydrogens is 389 g/mol. The summed E-state index contributed by atoms with van der Waals surface area (Å²) >= 11 is 6.05. The third-order valence-corrected chi connectivity index (χ3v) is 5.02. The Labute approximate surface area is 166 Å². The Hall–Kier alpha value is -2.55. The van der Waals surface area contributed by atoms with E-state index in [1.807, 2.05) is 4.90 Å². The van der Waals surface area contributed by atoms with E-state index < -0.39 is 11.0 Å². The summed E-state index contributed by atoms with van der Waals surface area (Å²) in [6.45, 7) is 3.18. The van der Waals surface area contributed by atoms with Gasteiger partial charge >= 0.3 is 0 Å². The molecule has 2 aromatic rings. The minimum Gasteiger partial charge on any atom is -0.371 e. The van der Waals surface area contributed by atoms with E-state index in [-0.39, 0.29) is 34.2 Å². The maximum absolute atomic E-state index is 13.1. The molecule has 0 bridgehead atoms. The van der Waals surface area contributed by atoms with Crippen LogP contribution in [-0.4, -0.2) is 41.5 Å². The molecule has 0 aromatic heterocycles. The highest BCUT2D eigenvalue weighted by atomic mass is 35.5. The second-order valence-electron chi connectivity index (χ2n) is 6.49. The topological polar surface area (TPSA) is 84.7 Å². The van der Waals surface area contributed by atoms with Gasteiger partial charge in [-0.25, -0.2) is 4.39 Å². The van der Waals surface area contributed by atoms with Gasteiger partial charge in [-0.05, 0) is 30.7 Å². The highest BCUT2D eigenvalue weighted by Gasteiger charge is 2.29. The lowest BCUT2D eigenvalue weighted by Crippen LogP contribution is -2.48. The number of nitrogens with zero attached hydrogens (tertiary/aromatic N) is 2. The number of anilines is 1. The molecule has 28 heavy (non-hydrogen) atoms. The van der Waals surface area contributed by atoms with Crippen LogP contribution >= 0.6 is 11.6 Å².